The number of rotatable bonds is 6. The Kier molecular flexibility index (Phi) is 6.01. The molecule has 0 aromatic carbocycles. The molecule has 0 radical (unpaired) electrons. The average molecular weight is 306 g/mol. The second-order valence-corrected chi connectivity index (χ2v) is 6.04. The molecule has 5 heteroatoms. The van der Waals surface area contributed by atoms with Crippen LogP contribution in [-0.2, 0) is 16.1 Å². The van der Waals surface area contributed by atoms with Crippen molar-refractivity contribution in [3.8, 4) is 0 Å². The first-order chi connectivity index (χ1) is 7.63. The second kappa shape index (κ2) is 7.04. The highest BCUT2D eigenvalue weighted by Gasteiger charge is 2.12. The molecule has 0 bridgehead atoms. The highest BCUT2D eigenvalue weighted by Crippen LogP contribution is 2.21. The average Bonchev–Trinajstić information content (AvgIpc) is 2.64. The van der Waals surface area contributed by atoms with Crippen molar-refractivity contribution < 1.29 is 9.53 Å². The van der Waals surface area contributed by atoms with Gasteiger partial charge >= 0.3 is 5.97 Å². The van der Waals surface area contributed by atoms with Gasteiger partial charge in [0.05, 0.1) is 16.3 Å². The predicted octanol–water partition coefficient (Wildman–Crippen LogP) is 2.80. The number of hydrogen-bond donors (Lipinski definition) is 1. The van der Waals surface area contributed by atoms with Crippen LogP contribution >= 0.6 is 27.3 Å². The van der Waals surface area contributed by atoms with Gasteiger partial charge < -0.3 is 10.1 Å². The van der Waals surface area contributed by atoms with E-state index in [9.17, 15) is 4.79 Å². The summed E-state index contributed by atoms with van der Waals surface area (Å²) in [7, 11) is 0. The molecular weight excluding hydrogens is 290 g/mol. The van der Waals surface area contributed by atoms with Crippen LogP contribution in [0.25, 0.3) is 0 Å². The molecule has 0 saturated carbocycles. The number of thiophene rings is 1. The lowest BCUT2D eigenvalue weighted by atomic mass is 10.2. The van der Waals surface area contributed by atoms with E-state index >= 15 is 0 Å². The lowest BCUT2D eigenvalue weighted by Gasteiger charge is -2.10. The summed E-state index contributed by atoms with van der Waals surface area (Å²) in [6.45, 7) is 5.58. The van der Waals surface area contributed by atoms with Gasteiger partial charge in [0.2, 0.25) is 0 Å². The molecule has 0 amide bonds. The van der Waals surface area contributed by atoms with Crippen molar-refractivity contribution >= 4 is 33.2 Å². The van der Waals surface area contributed by atoms with Crippen LogP contribution < -0.4 is 5.32 Å². The molecule has 0 spiro atoms. The normalized spacial score (nSPS) is 12.4. The van der Waals surface area contributed by atoms with Crippen molar-refractivity contribution in [2.24, 2.45) is 5.92 Å². The van der Waals surface area contributed by atoms with Crippen molar-refractivity contribution in [3.05, 3.63) is 20.8 Å². The summed E-state index contributed by atoms with van der Waals surface area (Å²) in [5.41, 5.74) is 0. The van der Waals surface area contributed by atoms with Crippen molar-refractivity contribution in [1.82, 2.24) is 5.32 Å². The Hall–Kier alpha value is -0.390. The Morgan fingerprint density at radius 3 is 2.94 bits per heavy atom. The second-order valence-electron chi connectivity index (χ2n) is 3.49. The summed E-state index contributed by atoms with van der Waals surface area (Å²) in [6.07, 6.45) is 0. The van der Waals surface area contributed by atoms with Crippen molar-refractivity contribution in [2.75, 3.05) is 13.2 Å². The third kappa shape index (κ3) is 4.63. The van der Waals surface area contributed by atoms with Gasteiger partial charge in [-0.05, 0) is 35.0 Å². The number of hydrogen-bond acceptors (Lipinski definition) is 4. The molecule has 0 fully saturated rings. The van der Waals surface area contributed by atoms with E-state index < -0.39 is 0 Å². The van der Waals surface area contributed by atoms with Gasteiger partial charge in [0.1, 0.15) is 0 Å². The molecule has 0 aliphatic heterocycles. The standard InChI is InChI=1S/C11H16BrNO2S/c1-3-15-11(14)8(2)6-13-7-9-4-5-10(12)16-9/h4-5,8,13H,3,6-7H2,1-2H3. The van der Waals surface area contributed by atoms with E-state index in [4.69, 9.17) is 4.74 Å². The van der Waals surface area contributed by atoms with E-state index in [0.29, 0.717) is 13.2 Å². The molecule has 1 aromatic heterocycles. The molecule has 16 heavy (non-hydrogen) atoms. The highest BCUT2D eigenvalue weighted by molar-refractivity contribution is 9.11. The van der Waals surface area contributed by atoms with Gasteiger partial charge in [0, 0.05) is 18.0 Å². The minimum Gasteiger partial charge on any atom is -0.466 e. The lowest BCUT2D eigenvalue weighted by molar-refractivity contribution is -0.147. The number of carbonyl (C=O) groups excluding carboxylic acids is 1. The largest absolute Gasteiger partial charge is 0.466 e. The van der Waals surface area contributed by atoms with Crippen molar-refractivity contribution in [3.63, 3.8) is 0 Å². The van der Waals surface area contributed by atoms with Crippen LogP contribution in [0.5, 0.6) is 0 Å². The monoisotopic (exact) mass is 305 g/mol. The van der Waals surface area contributed by atoms with Gasteiger partial charge in [-0.25, -0.2) is 0 Å². The van der Waals surface area contributed by atoms with Crippen LogP contribution in [0.4, 0.5) is 0 Å². The molecular formula is C11H16BrNO2S. The molecule has 1 rings (SSSR count). The van der Waals surface area contributed by atoms with Gasteiger partial charge in [-0.2, -0.15) is 0 Å². The number of esters is 1. The summed E-state index contributed by atoms with van der Waals surface area (Å²) >= 11 is 5.11. The summed E-state index contributed by atoms with van der Waals surface area (Å²) in [5, 5.41) is 3.24. The summed E-state index contributed by atoms with van der Waals surface area (Å²) in [6, 6.07) is 4.09. The Morgan fingerprint density at radius 1 is 1.62 bits per heavy atom. The topological polar surface area (TPSA) is 38.3 Å². The lowest BCUT2D eigenvalue weighted by Crippen LogP contribution is -2.27. The van der Waals surface area contributed by atoms with Crippen LogP contribution in [0.2, 0.25) is 0 Å². The first-order valence-electron chi connectivity index (χ1n) is 5.25. The maximum absolute atomic E-state index is 11.3. The van der Waals surface area contributed by atoms with Crippen molar-refractivity contribution in [2.45, 2.75) is 20.4 Å². The van der Waals surface area contributed by atoms with Gasteiger partial charge in [-0.15, -0.1) is 11.3 Å². The van der Waals surface area contributed by atoms with Crippen LogP contribution in [-0.4, -0.2) is 19.1 Å². The highest BCUT2D eigenvalue weighted by atomic mass is 79.9. The van der Waals surface area contributed by atoms with Crippen LogP contribution in [0.3, 0.4) is 0 Å². The van der Waals surface area contributed by atoms with Crippen LogP contribution in [0, 0.1) is 5.92 Å². The van der Waals surface area contributed by atoms with E-state index in [-0.39, 0.29) is 11.9 Å². The summed E-state index contributed by atoms with van der Waals surface area (Å²) < 4.78 is 6.05. The smallest absolute Gasteiger partial charge is 0.309 e. The van der Waals surface area contributed by atoms with E-state index in [1.807, 2.05) is 19.9 Å². The Balaban J connectivity index is 2.22. The molecule has 1 aromatic rings. The maximum atomic E-state index is 11.3. The molecule has 0 saturated heterocycles. The van der Waals surface area contributed by atoms with E-state index in [0.717, 1.165) is 10.3 Å². The predicted molar refractivity (Wildman–Crippen MR) is 69.5 cm³/mol. The minimum absolute atomic E-state index is 0.0941. The molecule has 90 valence electrons. The van der Waals surface area contributed by atoms with E-state index in [1.165, 1.54) is 4.88 Å². The van der Waals surface area contributed by atoms with E-state index in [1.54, 1.807) is 11.3 Å². The molecule has 3 nitrogen and oxygen atoms in total. The quantitative estimate of drug-likeness (QED) is 0.821. The maximum Gasteiger partial charge on any atom is 0.309 e. The summed E-state index contributed by atoms with van der Waals surface area (Å²) in [4.78, 5) is 12.6. The zero-order chi connectivity index (χ0) is 12.0. The number of ether oxygens (including phenoxy) is 1. The molecule has 0 aliphatic rings. The fraction of sp³-hybridized carbons (Fsp3) is 0.545. The Morgan fingerprint density at radius 2 is 2.38 bits per heavy atom. The first kappa shape index (κ1) is 13.7. The minimum atomic E-state index is -0.137. The SMILES string of the molecule is CCOC(=O)C(C)CNCc1ccc(Br)s1. The Bertz CT molecular complexity index is 340. The van der Waals surface area contributed by atoms with Crippen LogP contribution in [0.1, 0.15) is 18.7 Å². The van der Waals surface area contributed by atoms with Gasteiger partial charge in [-0.3, -0.25) is 4.79 Å². The number of nitrogens with one attached hydrogen (secondary N) is 1. The molecule has 1 unspecified atom stereocenters. The molecule has 1 N–H and O–H groups in total. The van der Waals surface area contributed by atoms with Gasteiger partial charge in [0.15, 0.2) is 0 Å². The van der Waals surface area contributed by atoms with Gasteiger partial charge in [0.25, 0.3) is 0 Å². The van der Waals surface area contributed by atoms with E-state index in [2.05, 4.69) is 27.3 Å². The molecule has 0 aliphatic carbocycles. The van der Waals surface area contributed by atoms with Gasteiger partial charge in [-0.1, -0.05) is 6.92 Å². The fourth-order valence-electron chi connectivity index (χ4n) is 1.23. The molecule has 1 atom stereocenters. The Labute approximate surface area is 108 Å². The number of halogens is 1. The third-order valence-electron chi connectivity index (χ3n) is 2.07. The summed E-state index contributed by atoms with van der Waals surface area (Å²) in [5.74, 6) is -0.231. The van der Waals surface area contributed by atoms with Crippen LogP contribution in [0.15, 0.2) is 15.9 Å². The first-order valence-corrected chi connectivity index (χ1v) is 6.86. The zero-order valence-corrected chi connectivity index (χ0v) is 11.9. The molecule has 1 heterocycles. The van der Waals surface area contributed by atoms with Crippen molar-refractivity contribution in [1.29, 1.82) is 0 Å². The number of carbonyl (C=O) groups is 1. The zero-order valence-electron chi connectivity index (χ0n) is 9.46. The fourth-order valence-corrected chi connectivity index (χ4v) is 2.68. The third-order valence-corrected chi connectivity index (χ3v) is 3.69.